The second-order valence-electron chi connectivity index (χ2n) is 3.50. The SMILES string of the molecule is CNc1nc(NCCS(N)(=O)=O)cc(C(F)(F)F)n1. The number of anilines is 2. The molecule has 1 rings (SSSR count). The van der Waals surface area contributed by atoms with E-state index in [2.05, 4.69) is 20.6 Å². The molecule has 0 aliphatic heterocycles. The van der Waals surface area contributed by atoms with E-state index < -0.39 is 27.6 Å². The van der Waals surface area contributed by atoms with Gasteiger partial charge in [-0.05, 0) is 0 Å². The Morgan fingerprint density at radius 2 is 2.00 bits per heavy atom. The molecule has 0 fully saturated rings. The molecular weight excluding hydrogens is 287 g/mol. The van der Waals surface area contributed by atoms with E-state index in [-0.39, 0.29) is 18.3 Å². The van der Waals surface area contributed by atoms with Gasteiger partial charge in [0, 0.05) is 19.7 Å². The van der Waals surface area contributed by atoms with Crippen molar-refractivity contribution in [1.29, 1.82) is 0 Å². The lowest BCUT2D eigenvalue weighted by Crippen LogP contribution is -2.23. The molecule has 0 amide bonds. The monoisotopic (exact) mass is 299 g/mol. The Morgan fingerprint density at radius 1 is 1.37 bits per heavy atom. The lowest BCUT2D eigenvalue weighted by atomic mass is 10.4. The van der Waals surface area contributed by atoms with Gasteiger partial charge in [0.25, 0.3) is 0 Å². The Balaban J connectivity index is 2.89. The molecule has 0 saturated heterocycles. The zero-order chi connectivity index (χ0) is 14.7. The Labute approximate surface area is 107 Å². The summed E-state index contributed by atoms with van der Waals surface area (Å²) in [6.45, 7) is -0.156. The van der Waals surface area contributed by atoms with Gasteiger partial charge in [0.15, 0.2) is 5.69 Å². The summed E-state index contributed by atoms with van der Waals surface area (Å²) in [6, 6.07) is 0.685. The van der Waals surface area contributed by atoms with Gasteiger partial charge in [0.1, 0.15) is 5.82 Å². The fourth-order valence-corrected chi connectivity index (χ4v) is 1.50. The van der Waals surface area contributed by atoms with Crippen molar-refractivity contribution in [2.45, 2.75) is 6.18 Å². The standard InChI is InChI=1S/C8H12F3N5O2S/c1-13-7-15-5(8(9,10)11)4-6(16-7)14-2-3-19(12,17)18/h4H,2-3H2,1H3,(H2,12,17,18)(H2,13,14,15,16). The fraction of sp³-hybridized carbons (Fsp3) is 0.500. The highest BCUT2D eigenvalue weighted by Gasteiger charge is 2.33. The number of primary sulfonamides is 1. The van der Waals surface area contributed by atoms with Crippen molar-refractivity contribution >= 4 is 21.8 Å². The van der Waals surface area contributed by atoms with Crippen molar-refractivity contribution in [2.75, 3.05) is 30.0 Å². The average Bonchev–Trinajstić information content (AvgIpc) is 2.25. The van der Waals surface area contributed by atoms with Gasteiger partial charge in [-0.25, -0.2) is 18.5 Å². The van der Waals surface area contributed by atoms with Crippen LogP contribution in [0.2, 0.25) is 0 Å². The Kier molecular flexibility index (Phi) is 4.52. The number of rotatable bonds is 5. The quantitative estimate of drug-likeness (QED) is 0.718. The Bertz CT molecular complexity index is 546. The van der Waals surface area contributed by atoms with E-state index in [1.165, 1.54) is 7.05 Å². The smallest absolute Gasteiger partial charge is 0.369 e. The Hall–Kier alpha value is -1.62. The molecule has 1 heterocycles. The van der Waals surface area contributed by atoms with Gasteiger partial charge in [-0.1, -0.05) is 0 Å². The molecule has 0 radical (unpaired) electrons. The van der Waals surface area contributed by atoms with Crippen LogP contribution in [-0.2, 0) is 16.2 Å². The first-order valence-electron chi connectivity index (χ1n) is 5.00. The van der Waals surface area contributed by atoms with E-state index in [0.717, 1.165) is 0 Å². The molecule has 0 aromatic carbocycles. The summed E-state index contributed by atoms with van der Waals surface area (Å²) >= 11 is 0. The minimum atomic E-state index is -4.62. The third-order valence-electron chi connectivity index (χ3n) is 1.93. The molecular formula is C8H12F3N5O2S. The van der Waals surface area contributed by atoms with Crippen LogP contribution in [0.15, 0.2) is 6.07 Å². The maximum absolute atomic E-state index is 12.5. The topological polar surface area (TPSA) is 110 Å². The van der Waals surface area contributed by atoms with Gasteiger partial charge < -0.3 is 10.6 Å². The van der Waals surface area contributed by atoms with Crippen molar-refractivity contribution in [2.24, 2.45) is 5.14 Å². The van der Waals surface area contributed by atoms with Gasteiger partial charge >= 0.3 is 6.18 Å². The summed E-state index contributed by atoms with van der Waals surface area (Å²) < 4.78 is 59.0. The van der Waals surface area contributed by atoms with Crippen LogP contribution in [0.5, 0.6) is 0 Å². The number of alkyl halides is 3. The minimum absolute atomic E-state index is 0.143. The average molecular weight is 299 g/mol. The molecule has 0 bridgehead atoms. The molecule has 19 heavy (non-hydrogen) atoms. The Morgan fingerprint density at radius 3 is 2.47 bits per heavy atom. The van der Waals surface area contributed by atoms with Crippen molar-refractivity contribution < 1.29 is 21.6 Å². The largest absolute Gasteiger partial charge is 0.433 e. The lowest BCUT2D eigenvalue weighted by Gasteiger charge is -2.11. The number of hydrogen-bond acceptors (Lipinski definition) is 6. The molecule has 0 spiro atoms. The molecule has 1 aromatic rings. The van der Waals surface area contributed by atoms with E-state index in [1.54, 1.807) is 0 Å². The zero-order valence-electron chi connectivity index (χ0n) is 9.82. The molecule has 0 unspecified atom stereocenters. The second kappa shape index (κ2) is 5.57. The summed E-state index contributed by atoms with van der Waals surface area (Å²) in [6.07, 6.45) is -4.62. The van der Waals surface area contributed by atoms with Crippen molar-refractivity contribution in [3.05, 3.63) is 11.8 Å². The van der Waals surface area contributed by atoms with Gasteiger partial charge in [-0.3, -0.25) is 0 Å². The number of aromatic nitrogens is 2. The zero-order valence-corrected chi connectivity index (χ0v) is 10.6. The van der Waals surface area contributed by atoms with E-state index in [0.29, 0.717) is 6.07 Å². The predicted octanol–water partition coefficient (Wildman–Crippen LogP) is 0.238. The summed E-state index contributed by atoms with van der Waals surface area (Å²) in [5.74, 6) is -0.795. The van der Waals surface area contributed by atoms with E-state index in [1.807, 2.05) is 0 Å². The first-order chi connectivity index (χ1) is 8.62. The van der Waals surface area contributed by atoms with Crippen molar-refractivity contribution in [3.8, 4) is 0 Å². The van der Waals surface area contributed by atoms with Crippen LogP contribution in [0.4, 0.5) is 24.9 Å². The third kappa shape index (κ3) is 5.26. The highest BCUT2D eigenvalue weighted by Crippen LogP contribution is 2.29. The highest BCUT2D eigenvalue weighted by molar-refractivity contribution is 7.89. The van der Waals surface area contributed by atoms with E-state index >= 15 is 0 Å². The van der Waals surface area contributed by atoms with E-state index in [4.69, 9.17) is 5.14 Å². The first kappa shape index (κ1) is 15.4. The van der Waals surface area contributed by atoms with Crippen LogP contribution in [0.1, 0.15) is 5.69 Å². The molecule has 0 aliphatic rings. The normalized spacial score (nSPS) is 12.3. The van der Waals surface area contributed by atoms with Crippen LogP contribution in [0, 0.1) is 0 Å². The summed E-state index contributed by atoms with van der Waals surface area (Å²) in [5.41, 5.74) is -1.13. The fourth-order valence-electron chi connectivity index (χ4n) is 1.12. The van der Waals surface area contributed by atoms with Crippen LogP contribution in [0.3, 0.4) is 0 Å². The summed E-state index contributed by atoms with van der Waals surface area (Å²) in [4.78, 5) is 6.97. The molecule has 0 aliphatic carbocycles. The number of nitrogens with two attached hydrogens (primary N) is 1. The summed E-state index contributed by atoms with van der Waals surface area (Å²) in [5, 5.41) is 9.58. The number of halogens is 3. The third-order valence-corrected chi connectivity index (χ3v) is 2.71. The van der Waals surface area contributed by atoms with Gasteiger partial charge in [-0.2, -0.15) is 18.2 Å². The maximum atomic E-state index is 12.5. The van der Waals surface area contributed by atoms with Crippen LogP contribution >= 0.6 is 0 Å². The minimum Gasteiger partial charge on any atom is -0.369 e. The predicted molar refractivity (Wildman–Crippen MR) is 63.0 cm³/mol. The number of nitrogens with zero attached hydrogens (tertiary/aromatic N) is 2. The number of nitrogens with one attached hydrogen (secondary N) is 2. The van der Waals surface area contributed by atoms with Crippen LogP contribution < -0.4 is 15.8 Å². The molecule has 11 heteroatoms. The highest BCUT2D eigenvalue weighted by atomic mass is 32.2. The molecule has 4 N–H and O–H groups in total. The molecule has 1 aromatic heterocycles. The molecule has 108 valence electrons. The van der Waals surface area contributed by atoms with Crippen LogP contribution in [-0.4, -0.2) is 37.7 Å². The molecule has 0 saturated carbocycles. The maximum Gasteiger partial charge on any atom is 0.433 e. The molecule has 0 atom stereocenters. The number of sulfonamides is 1. The van der Waals surface area contributed by atoms with Gasteiger partial charge in [0.05, 0.1) is 5.75 Å². The van der Waals surface area contributed by atoms with Crippen molar-refractivity contribution in [3.63, 3.8) is 0 Å². The lowest BCUT2D eigenvalue weighted by molar-refractivity contribution is -0.141. The summed E-state index contributed by atoms with van der Waals surface area (Å²) in [7, 11) is -2.33. The second-order valence-corrected chi connectivity index (χ2v) is 5.24. The molecule has 7 nitrogen and oxygen atoms in total. The number of hydrogen-bond donors (Lipinski definition) is 3. The first-order valence-corrected chi connectivity index (χ1v) is 6.72. The van der Waals surface area contributed by atoms with Crippen LogP contribution in [0.25, 0.3) is 0 Å². The van der Waals surface area contributed by atoms with Gasteiger partial charge in [-0.15, -0.1) is 0 Å². The van der Waals surface area contributed by atoms with Crippen molar-refractivity contribution in [1.82, 2.24) is 9.97 Å². The van der Waals surface area contributed by atoms with E-state index in [9.17, 15) is 21.6 Å². The van der Waals surface area contributed by atoms with Gasteiger partial charge in [0.2, 0.25) is 16.0 Å².